The van der Waals surface area contributed by atoms with Gasteiger partial charge in [-0.15, -0.1) is 0 Å². The molecule has 0 saturated carbocycles. The first-order valence-corrected chi connectivity index (χ1v) is 14.8. The molecule has 2 bridgehead atoms. The van der Waals surface area contributed by atoms with E-state index in [0.717, 1.165) is 54.7 Å². The molecule has 0 spiro atoms. The Kier molecular flexibility index (Phi) is 4.90. The van der Waals surface area contributed by atoms with Crippen molar-refractivity contribution < 1.29 is 19.1 Å². The lowest BCUT2D eigenvalue weighted by molar-refractivity contribution is -0.264. The van der Waals surface area contributed by atoms with E-state index in [9.17, 15) is 9.59 Å². The molecule has 9 rings (SSSR count). The van der Waals surface area contributed by atoms with E-state index in [4.69, 9.17) is 9.47 Å². The highest BCUT2D eigenvalue weighted by Gasteiger charge is 2.55. The van der Waals surface area contributed by atoms with Gasteiger partial charge in [-0.3, -0.25) is 9.59 Å². The summed E-state index contributed by atoms with van der Waals surface area (Å²) >= 11 is 0. The van der Waals surface area contributed by atoms with Gasteiger partial charge in [0.15, 0.2) is 5.72 Å². The summed E-state index contributed by atoms with van der Waals surface area (Å²) in [6.07, 6.45) is -0.386. The summed E-state index contributed by atoms with van der Waals surface area (Å²) in [5.41, 5.74) is 5.46. The standard InChI is InChI=1S/C35H30N4O4/c1-35-32(42-3)25(37(2)34(41)19-11-5-4-6-12-19)17-26(43-35)38-23-15-9-7-13-20(23)28-29-22(18-36-33(29)40)27-21-14-8-10-16-24(21)39(35)31(27)30(28)38/h4-16,25-26,32H,17-18H2,1-3H3,(H,36,40)/t25?,26?,32-,35?/m1/s1. The van der Waals surface area contributed by atoms with Gasteiger partial charge in [-0.25, -0.2) is 0 Å². The summed E-state index contributed by atoms with van der Waals surface area (Å²) in [6.45, 7) is 2.56. The number of rotatable bonds is 3. The normalized spacial score (nSPS) is 24.2. The van der Waals surface area contributed by atoms with Crippen LogP contribution in [0.2, 0.25) is 0 Å². The summed E-state index contributed by atoms with van der Waals surface area (Å²) in [6, 6.07) is 25.7. The van der Waals surface area contributed by atoms with E-state index in [0.29, 0.717) is 18.5 Å². The number of carbonyl (C=O) groups excluding carboxylic acids is 2. The van der Waals surface area contributed by atoms with Crippen LogP contribution in [0.25, 0.3) is 43.6 Å². The van der Waals surface area contributed by atoms with Crippen LogP contribution in [0.5, 0.6) is 0 Å². The van der Waals surface area contributed by atoms with Crippen LogP contribution in [0.3, 0.4) is 0 Å². The second-order valence-electron chi connectivity index (χ2n) is 12.1. The SMILES string of the molecule is CO[C@@H]1C(N(C)C(=O)c2ccccc2)CC2OC1(C)n1c3ccccc3c3c4c(c5c6ccccc6n2c5c31)C(=O)NC4. The molecule has 8 heteroatoms. The third kappa shape index (κ3) is 2.97. The first-order valence-electron chi connectivity index (χ1n) is 14.8. The highest BCUT2D eigenvalue weighted by molar-refractivity contribution is 6.31. The molecule has 43 heavy (non-hydrogen) atoms. The van der Waals surface area contributed by atoms with E-state index in [1.54, 1.807) is 7.11 Å². The molecule has 3 aliphatic heterocycles. The minimum Gasteiger partial charge on any atom is -0.374 e. The quantitative estimate of drug-likeness (QED) is 0.287. The number of nitrogens with one attached hydrogen (secondary N) is 1. The van der Waals surface area contributed by atoms with Crippen LogP contribution in [0.1, 0.15) is 45.9 Å². The van der Waals surface area contributed by atoms with Crippen molar-refractivity contribution in [2.24, 2.45) is 0 Å². The fraction of sp³-hybridized carbons (Fsp3) is 0.257. The number of aromatic nitrogens is 2. The van der Waals surface area contributed by atoms with E-state index < -0.39 is 18.1 Å². The lowest BCUT2D eigenvalue weighted by atomic mass is 9.91. The minimum absolute atomic E-state index is 0.0446. The third-order valence-corrected chi connectivity index (χ3v) is 10.0. The molecule has 1 N–H and O–H groups in total. The number of ether oxygens (including phenoxy) is 2. The zero-order valence-corrected chi connectivity index (χ0v) is 24.1. The Bertz CT molecular complexity index is 2180. The fourth-order valence-electron chi connectivity index (χ4n) is 8.33. The molecule has 0 aliphatic carbocycles. The van der Waals surface area contributed by atoms with Crippen LogP contribution in [-0.4, -0.2) is 52.2 Å². The molecule has 3 unspecified atom stereocenters. The topological polar surface area (TPSA) is 77.7 Å². The third-order valence-electron chi connectivity index (χ3n) is 10.0. The number of amides is 2. The second-order valence-corrected chi connectivity index (χ2v) is 12.1. The number of methoxy groups -OCH3 is 1. The summed E-state index contributed by atoms with van der Waals surface area (Å²) in [5.74, 6) is -0.107. The van der Waals surface area contributed by atoms with Gasteiger partial charge in [0.1, 0.15) is 12.3 Å². The van der Waals surface area contributed by atoms with Gasteiger partial charge in [0.05, 0.1) is 33.7 Å². The Morgan fingerprint density at radius 1 is 0.953 bits per heavy atom. The van der Waals surface area contributed by atoms with Crippen LogP contribution in [0.15, 0.2) is 78.9 Å². The Balaban J connectivity index is 1.43. The summed E-state index contributed by atoms with van der Waals surface area (Å²) < 4.78 is 18.1. The number of hydrogen-bond donors (Lipinski definition) is 1. The lowest BCUT2D eigenvalue weighted by Crippen LogP contribution is -2.61. The van der Waals surface area contributed by atoms with Gasteiger partial charge < -0.3 is 28.8 Å². The molecular formula is C35H30N4O4. The van der Waals surface area contributed by atoms with E-state index >= 15 is 0 Å². The molecule has 1 saturated heterocycles. The zero-order valence-electron chi connectivity index (χ0n) is 24.1. The monoisotopic (exact) mass is 570 g/mol. The molecule has 0 radical (unpaired) electrons. The van der Waals surface area contributed by atoms with E-state index in [1.807, 2.05) is 66.5 Å². The van der Waals surface area contributed by atoms with E-state index in [-0.39, 0.29) is 17.9 Å². The van der Waals surface area contributed by atoms with Gasteiger partial charge in [0, 0.05) is 54.2 Å². The van der Waals surface area contributed by atoms with Gasteiger partial charge in [0.25, 0.3) is 11.8 Å². The maximum absolute atomic E-state index is 13.9. The van der Waals surface area contributed by atoms with Gasteiger partial charge in [-0.2, -0.15) is 0 Å². The summed E-state index contributed by atoms with van der Waals surface area (Å²) in [4.78, 5) is 29.2. The maximum atomic E-state index is 13.9. The van der Waals surface area contributed by atoms with Crippen molar-refractivity contribution in [3.8, 4) is 0 Å². The van der Waals surface area contributed by atoms with Crippen molar-refractivity contribution in [3.05, 3.63) is 95.6 Å². The number of likely N-dealkylation sites (N-methyl/N-ethyl adjacent to an activating group) is 1. The predicted octanol–water partition coefficient (Wildman–Crippen LogP) is 5.91. The molecule has 2 aromatic heterocycles. The average Bonchev–Trinajstić information content (AvgIpc) is 3.68. The van der Waals surface area contributed by atoms with Crippen LogP contribution >= 0.6 is 0 Å². The Labute approximate surface area is 247 Å². The van der Waals surface area contributed by atoms with Crippen molar-refractivity contribution >= 4 is 55.4 Å². The highest BCUT2D eigenvalue weighted by atomic mass is 16.6. The lowest BCUT2D eigenvalue weighted by Gasteiger charge is -2.50. The van der Waals surface area contributed by atoms with Crippen LogP contribution in [0.4, 0.5) is 0 Å². The average molecular weight is 571 g/mol. The van der Waals surface area contributed by atoms with Gasteiger partial charge in [-0.05, 0) is 36.8 Å². The van der Waals surface area contributed by atoms with Gasteiger partial charge in [-0.1, -0.05) is 54.6 Å². The largest absolute Gasteiger partial charge is 0.374 e. The molecule has 2 amide bonds. The van der Waals surface area contributed by atoms with Gasteiger partial charge >= 0.3 is 0 Å². The number of benzene rings is 4. The fourth-order valence-corrected chi connectivity index (χ4v) is 8.33. The molecule has 5 heterocycles. The van der Waals surface area contributed by atoms with Gasteiger partial charge in [0.2, 0.25) is 0 Å². The molecule has 3 aliphatic rings. The molecule has 214 valence electrons. The van der Waals surface area contributed by atoms with Crippen LogP contribution in [-0.2, 0) is 21.7 Å². The smallest absolute Gasteiger partial charge is 0.253 e. The van der Waals surface area contributed by atoms with E-state index in [2.05, 4.69) is 45.6 Å². The predicted molar refractivity (Wildman–Crippen MR) is 165 cm³/mol. The molecule has 1 fully saturated rings. The van der Waals surface area contributed by atoms with Crippen LogP contribution < -0.4 is 5.32 Å². The summed E-state index contributed by atoms with van der Waals surface area (Å²) in [5, 5.41) is 7.24. The Morgan fingerprint density at radius 3 is 2.37 bits per heavy atom. The number of hydrogen-bond acceptors (Lipinski definition) is 4. The minimum atomic E-state index is -0.980. The number of carbonyl (C=O) groups is 2. The highest BCUT2D eigenvalue weighted by Crippen LogP contribution is 2.54. The number of para-hydroxylation sites is 2. The first-order chi connectivity index (χ1) is 20.9. The van der Waals surface area contributed by atoms with Crippen molar-refractivity contribution in [3.63, 3.8) is 0 Å². The molecule has 6 aromatic rings. The first kappa shape index (κ1) is 24.9. The van der Waals surface area contributed by atoms with Crippen molar-refractivity contribution in [1.29, 1.82) is 0 Å². The maximum Gasteiger partial charge on any atom is 0.253 e. The molecule has 4 aromatic carbocycles. The zero-order chi connectivity index (χ0) is 29.2. The second kappa shape index (κ2) is 8.46. The van der Waals surface area contributed by atoms with Crippen molar-refractivity contribution in [1.82, 2.24) is 19.4 Å². The molecular weight excluding hydrogens is 540 g/mol. The number of nitrogens with zero attached hydrogens (tertiary/aromatic N) is 3. The molecule has 4 atom stereocenters. The Morgan fingerprint density at radius 2 is 1.63 bits per heavy atom. The van der Waals surface area contributed by atoms with E-state index in [1.165, 1.54) is 0 Å². The van der Waals surface area contributed by atoms with Crippen molar-refractivity contribution in [2.45, 2.75) is 44.0 Å². The molecule has 8 nitrogen and oxygen atoms in total. The van der Waals surface area contributed by atoms with Crippen LogP contribution in [0, 0.1) is 0 Å². The Hall–Kier alpha value is -4.66. The number of fused-ring (bicyclic) bond motifs is 13. The van der Waals surface area contributed by atoms with Crippen molar-refractivity contribution in [2.75, 3.05) is 14.2 Å². The summed E-state index contributed by atoms with van der Waals surface area (Å²) in [7, 11) is 3.57.